The zero-order valence-corrected chi connectivity index (χ0v) is 17.5. The summed E-state index contributed by atoms with van der Waals surface area (Å²) < 4.78 is 5.37. The van der Waals surface area contributed by atoms with E-state index in [-0.39, 0.29) is 17.4 Å². The lowest BCUT2D eigenvalue weighted by Gasteiger charge is -2.56. The maximum absolute atomic E-state index is 12.7. The van der Waals surface area contributed by atoms with Gasteiger partial charge in [-0.3, -0.25) is 14.7 Å². The lowest BCUT2D eigenvalue weighted by molar-refractivity contribution is -0.151. The fourth-order valence-corrected chi connectivity index (χ4v) is 5.37. The maximum Gasteiger partial charge on any atom is 0.228 e. The summed E-state index contributed by atoms with van der Waals surface area (Å²) in [6.07, 6.45) is 4.51. The summed E-state index contributed by atoms with van der Waals surface area (Å²) >= 11 is 0. The van der Waals surface area contributed by atoms with Crippen LogP contribution in [-0.4, -0.2) is 72.4 Å². The van der Waals surface area contributed by atoms with Gasteiger partial charge in [0, 0.05) is 44.4 Å². The van der Waals surface area contributed by atoms with Crippen molar-refractivity contribution in [3.8, 4) is 6.07 Å². The molecule has 1 saturated carbocycles. The second-order valence-electron chi connectivity index (χ2n) is 9.32. The zero-order chi connectivity index (χ0) is 20.6. The van der Waals surface area contributed by atoms with Gasteiger partial charge in [0.1, 0.15) is 0 Å². The molecule has 1 amide bonds. The van der Waals surface area contributed by atoms with Gasteiger partial charge in [-0.15, -0.1) is 0 Å². The lowest BCUT2D eigenvalue weighted by atomic mass is 9.82. The Bertz CT molecular complexity index is 842. The third-order valence-electron chi connectivity index (χ3n) is 7.31. The molecule has 2 unspecified atom stereocenters. The van der Waals surface area contributed by atoms with Crippen molar-refractivity contribution in [3.63, 3.8) is 0 Å². The van der Waals surface area contributed by atoms with E-state index in [4.69, 9.17) is 9.73 Å². The van der Waals surface area contributed by atoms with Gasteiger partial charge in [0.05, 0.1) is 36.6 Å². The number of likely N-dealkylation sites (tertiary alicyclic amines) is 2. The first-order chi connectivity index (χ1) is 14.7. The Morgan fingerprint density at radius 2 is 1.97 bits per heavy atom. The van der Waals surface area contributed by atoms with E-state index in [0.717, 1.165) is 38.8 Å². The van der Waals surface area contributed by atoms with Gasteiger partial charge in [0.15, 0.2) is 0 Å². The number of aliphatic imine (C=N–C) groups is 1. The number of amides is 1. The second kappa shape index (κ2) is 8.13. The summed E-state index contributed by atoms with van der Waals surface area (Å²) in [7, 11) is 0. The van der Waals surface area contributed by atoms with E-state index in [0.29, 0.717) is 44.7 Å². The van der Waals surface area contributed by atoms with Crippen LogP contribution in [0.15, 0.2) is 35.3 Å². The number of piperidine rings is 1. The Morgan fingerprint density at radius 1 is 1.20 bits per heavy atom. The van der Waals surface area contributed by atoms with Crippen LogP contribution >= 0.6 is 0 Å². The normalized spacial score (nSPS) is 30.1. The summed E-state index contributed by atoms with van der Waals surface area (Å²) in [5.41, 5.74) is 2.58. The monoisotopic (exact) mass is 406 g/mol. The van der Waals surface area contributed by atoms with E-state index < -0.39 is 0 Å². The standard InChI is InChI=1S/C24H30N4O2/c25-10-9-24(16-27(17-24)23(29)19-8-13-30-15-19)28-11-6-20(7-12-28)26-22-14-21(22)18-4-2-1-3-5-18/h1-5,19-21H,6-9,11-17H2. The molecule has 3 aliphatic heterocycles. The summed E-state index contributed by atoms with van der Waals surface area (Å²) in [5, 5.41) is 9.43. The van der Waals surface area contributed by atoms with Crippen LogP contribution in [-0.2, 0) is 9.53 Å². The molecule has 6 nitrogen and oxygen atoms in total. The lowest BCUT2D eigenvalue weighted by Crippen LogP contribution is -2.72. The van der Waals surface area contributed by atoms with Crippen LogP contribution in [0.25, 0.3) is 0 Å². The summed E-state index contributed by atoms with van der Waals surface area (Å²) in [4.78, 5) is 22.1. The van der Waals surface area contributed by atoms with Gasteiger partial charge in [0.2, 0.25) is 5.91 Å². The van der Waals surface area contributed by atoms with Crippen LogP contribution in [0.1, 0.15) is 43.6 Å². The molecule has 0 radical (unpaired) electrons. The van der Waals surface area contributed by atoms with Crippen molar-refractivity contribution in [2.75, 3.05) is 39.4 Å². The average molecular weight is 407 g/mol. The Labute approximate surface area is 178 Å². The fourth-order valence-electron chi connectivity index (χ4n) is 5.37. The molecule has 0 bridgehead atoms. The first kappa shape index (κ1) is 19.7. The minimum Gasteiger partial charge on any atom is -0.381 e. The highest BCUT2D eigenvalue weighted by molar-refractivity contribution is 6.06. The molecule has 3 heterocycles. The van der Waals surface area contributed by atoms with E-state index in [9.17, 15) is 10.1 Å². The van der Waals surface area contributed by atoms with Crippen molar-refractivity contribution in [2.24, 2.45) is 10.9 Å². The molecule has 30 heavy (non-hydrogen) atoms. The van der Waals surface area contributed by atoms with Crippen molar-refractivity contribution in [3.05, 3.63) is 35.9 Å². The van der Waals surface area contributed by atoms with Crippen molar-refractivity contribution < 1.29 is 9.53 Å². The molecule has 1 aliphatic carbocycles. The number of rotatable bonds is 5. The molecular formula is C24H30N4O2. The predicted molar refractivity (Wildman–Crippen MR) is 114 cm³/mol. The molecule has 4 aliphatic rings. The van der Waals surface area contributed by atoms with Crippen molar-refractivity contribution >= 4 is 11.6 Å². The van der Waals surface area contributed by atoms with Crippen molar-refractivity contribution in [2.45, 2.75) is 49.6 Å². The number of nitrogens with zero attached hydrogens (tertiary/aromatic N) is 4. The van der Waals surface area contributed by atoms with Gasteiger partial charge in [-0.25, -0.2) is 0 Å². The minimum atomic E-state index is -0.159. The average Bonchev–Trinajstić information content (AvgIpc) is 3.29. The Morgan fingerprint density at radius 3 is 2.63 bits per heavy atom. The van der Waals surface area contributed by atoms with Crippen LogP contribution in [0.4, 0.5) is 0 Å². The molecule has 0 spiro atoms. The molecule has 0 aromatic heterocycles. The number of ether oxygens (including phenoxy) is 1. The molecule has 6 heteroatoms. The van der Waals surface area contributed by atoms with Crippen LogP contribution in [0.2, 0.25) is 0 Å². The van der Waals surface area contributed by atoms with E-state index in [1.54, 1.807) is 0 Å². The summed E-state index contributed by atoms with van der Waals surface area (Å²) in [6, 6.07) is 13.4. The highest BCUT2D eigenvalue weighted by Crippen LogP contribution is 2.39. The topological polar surface area (TPSA) is 68.9 Å². The number of carbonyl (C=O) groups excluding carboxylic acids is 1. The van der Waals surface area contributed by atoms with Crippen molar-refractivity contribution in [1.29, 1.82) is 5.26 Å². The van der Waals surface area contributed by atoms with Gasteiger partial charge in [0.25, 0.3) is 0 Å². The number of hydrogen-bond donors (Lipinski definition) is 0. The van der Waals surface area contributed by atoms with Gasteiger partial charge in [-0.1, -0.05) is 30.3 Å². The molecule has 158 valence electrons. The number of hydrogen-bond acceptors (Lipinski definition) is 5. The van der Waals surface area contributed by atoms with E-state index in [2.05, 4.69) is 41.3 Å². The van der Waals surface area contributed by atoms with Crippen LogP contribution < -0.4 is 0 Å². The smallest absolute Gasteiger partial charge is 0.228 e. The Hall–Kier alpha value is -2.23. The summed E-state index contributed by atoms with van der Waals surface area (Å²) in [6.45, 7) is 4.54. The van der Waals surface area contributed by atoms with E-state index in [1.807, 2.05) is 4.90 Å². The SMILES string of the molecule is N#CCC1(N2CCC(N=C3CC3c3ccccc3)CC2)CN(C(=O)C2CCOC2)C1. The predicted octanol–water partition coefficient (Wildman–Crippen LogP) is 2.61. The maximum atomic E-state index is 12.7. The number of nitriles is 1. The van der Waals surface area contributed by atoms with Gasteiger partial charge in [-0.05, 0) is 31.2 Å². The highest BCUT2D eigenvalue weighted by Gasteiger charge is 2.51. The largest absolute Gasteiger partial charge is 0.381 e. The van der Waals surface area contributed by atoms with E-state index in [1.165, 1.54) is 11.3 Å². The third kappa shape index (κ3) is 3.77. The summed E-state index contributed by atoms with van der Waals surface area (Å²) in [5.74, 6) is 0.755. The van der Waals surface area contributed by atoms with Gasteiger partial charge >= 0.3 is 0 Å². The Balaban J connectivity index is 1.15. The third-order valence-corrected chi connectivity index (χ3v) is 7.31. The van der Waals surface area contributed by atoms with Crippen molar-refractivity contribution in [1.82, 2.24) is 9.80 Å². The first-order valence-corrected chi connectivity index (χ1v) is 11.3. The van der Waals surface area contributed by atoms with Crippen LogP contribution in [0.3, 0.4) is 0 Å². The van der Waals surface area contributed by atoms with E-state index >= 15 is 0 Å². The molecule has 4 fully saturated rings. The molecule has 2 atom stereocenters. The second-order valence-corrected chi connectivity index (χ2v) is 9.32. The minimum absolute atomic E-state index is 0.0164. The molecule has 1 aromatic carbocycles. The van der Waals surface area contributed by atoms with Gasteiger partial charge in [-0.2, -0.15) is 5.26 Å². The fraction of sp³-hybridized carbons (Fsp3) is 0.625. The number of benzene rings is 1. The molecule has 0 N–H and O–H groups in total. The molecular weight excluding hydrogens is 376 g/mol. The van der Waals surface area contributed by atoms with Crippen LogP contribution in [0.5, 0.6) is 0 Å². The molecule has 3 saturated heterocycles. The number of carbonyl (C=O) groups is 1. The highest BCUT2D eigenvalue weighted by atomic mass is 16.5. The quantitative estimate of drug-likeness (QED) is 0.754. The first-order valence-electron chi connectivity index (χ1n) is 11.3. The Kier molecular flexibility index (Phi) is 5.34. The molecule has 1 aromatic rings. The zero-order valence-electron chi connectivity index (χ0n) is 17.5. The van der Waals surface area contributed by atoms with Crippen LogP contribution in [0, 0.1) is 17.2 Å². The molecule has 5 rings (SSSR count). The van der Waals surface area contributed by atoms with Gasteiger partial charge < -0.3 is 9.64 Å².